The number of carbonyl (C=O) groups excluding carboxylic acids is 1. The highest BCUT2D eigenvalue weighted by molar-refractivity contribution is 7.86. The lowest BCUT2D eigenvalue weighted by Crippen LogP contribution is -2.66. The zero-order chi connectivity index (χ0) is 19.3. The summed E-state index contributed by atoms with van der Waals surface area (Å²) in [6, 6.07) is 7.73. The molecule has 3 N–H and O–H groups in total. The molecule has 0 spiro atoms. The molecular weight excluding hydrogens is 364 g/mol. The predicted molar refractivity (Wildman–Crippen MR) is 92.9 cm³/mol. The number of amides is 1. The van der Waals surface area contributed by atoms with Crippen molar-refractivity contribution < 1.29 is 31.6 Å². The molecule has 1 saturated heterocycles. The molecule has 1 heterocycles. The Morgan fingerprint density at radius 3 is 2.35 bits per heavy atom. The van der Waals surface area contributed by atoms with Crippen LogP contribution in [0.2, 0.25) is 0 Å². The molecule has 5 atom stereocenters. The van der Waals surface area contributed by atoms with Crippen molar-refractivity contribution >= 4 is 16.0 Å². The summed E-state index contributed by atoms with van der Waals surface area (Å²) in [5.41, 5.74) is 6.12. The number of ether oxygens (including phenoxy) is 3. The summed E-state index contributed by atoms with van der Waals surface area (Å²) in [4.78, 5) is 12.5. The second-order valence-corrected chi connectivity index (χ2v) is 7.45. The van der Waals surface area contributed by atoms with E-state index in [0.29, 0.717) is 5.56 Å². The Morgan fingerprint density at radius 2 is 1.85 bits per heavy atom. The van der Waals surface area contributed by atoms with E-state index in [1.54, 1.807) is 30.3 Å². The van der Waals surface area contributed by atoms with Crippen LogP contribution in [0, 0.1) is 0 Å². The number of nitrogens with one attached hydrogen (secondary N) is 1. The van der Waals surface area contributed by atoms with Crippen LogP contribution >= 0.6 is 0 Å². The zero-order valence-electron chi connectivity index (χ0n) is 14.8. The van der Waals surface area contributed by atoms with Gasteiger partial charge in [-0.05, 0) is 12.1 Å². The summed E-state index contributed by atoms with van der Waals surface area (Å²) < 4.78 is 44.8. The lowest BCUT2D eigenvalue weighted by molar-refractivity contribution is -0.251. The maximum Gasteiger partial charge on any atom is 0.264 e. The summed E-state index contributed by atoms with van der Waals surface area (Å²) in [6.07, 6.45) is -2.64. The van der Waals surface area contributed by atoms with E-state index in [4.69, 9.17) is 24.1 Å². The first-order valence-electron chi connectivity index (χ1n) is 7.96. The molecule has 0 aliphatic carbocycles. The lowest BCUT2D eigenvalue weighted by Gasteiger charge is -2.44. The van der Waals surface area contributed by atoms with Crippen LogP contribution in [0.1, 0.15) is 10.4 Å². The second kappa shape index (κ2) is 8.89. The quantitative estimate of drug-likeness (QED) is 0.597. The van der Waals surface area contributed by atoms with Gasteiger partial charge in [-0.1, -0.05) is 18.2 Å². The monoisotopic (exact) mass is 388 g/mol. The Morgan fingerprint density at radius 1 is 1.19 bits per heavy atom. The van der Waals surface area contributed by atoms with E-state index in [0.717, 1.165) is 6.26 Å². The maximum atomic E-state index is 12.5. The Hall–Kier alpha value is -1.56. The number of rotatable bonds is 7. The Labute approximate surface area is 152 Å². The highest BCUT2D eigenvalue weighted by Gasteiger charge is 2.49. The largest absolute Gasteiger partial charge is 0.376 e. The fourth-order valence-electron chi connectivity index (χ4n) is 2.87. The Balaban J connectivity index is 2.29. The summed E-state index contributed by atoms with van der Waals surface area (Å²) in [5.74, 6) is -0.382. The van der Waals surface area contributed by atoms with Crippen molar-refractivity contribution in [2.75, 3.05) is 27.0 Å². The molecule has 0 bridgehead atoms. The van der Waals surface area contributed by atoms with Crippen LogP contribution in [-0.4, -0.2) is 72.0 Å². The van der Waals surface area contributed by atoms with Gasteiger partial charge in [0, 0.05) is 26.3 Å². The molecule has 1 aliphatic heterocycles. The zero-order valence-corrected chi connectivity index (χ0v) is 15.6. The molecule has 26 heavy (non-hydrogen) atoms. The summed E-state index contributed by atoms with van der Waals surface area (Å²) in [5, 5.41) is 2.77. The van der Waals surface area contributed by atoms with E-state index >= 15 is 0 Å². The van der Waals surface area contributed by atoms with E-state index in [2.05, 4.69) is 5.32 Å². The van der Waals surface area contributed by atoms with E-state index in [1.807, 2.05) is 0 Å². The number of benzene rings is 1. The Kier molecular flexibility index (Phi) is 7.09. The van der Waals surface area contributed by atoms with Gasteiger partial charge in [0.05, 0.1) is 6.26 Å². The van der Waals surface area contributed by atoms with Crippen molar-refractivity contribution in [2.45, 2.75) is 30.6 Å². The summed E-state index contributed by atoms with van der Waals surface area (Å²) in [6.45, 7) is -0.0146. The second-order valence-electron chi connectivity index (χ2n) is 5.84. The number of hydrogen-bond donors (Lipinski definition) is 2. The van der Waals surface area contributed by atoms with E-state index in [9.17, 15) is 13.2 Å². The van der Waals surface area contributed by atoms with Gasteiger partial charge < -0.3 is 25.3 Å². The van der Waals surface area contributed by atoms with Gasteiger partial charge in [0.25, 0.3) is 16.0 Å². The van der Waals surface area contributed by atoms with Gasteiger partial charge >= 0.3 is 0 Å². The summed E-state index contributed by atoms with van der Waals surface area (Å²) in [7, 11) is -1.01. The van der Waals surface area contributed by atoms with Crippen LogP contribution in [0.3, 0.4) is 0 Å². The average molecular weight is 388 g/mol. The molecule has 0 unspecified atom stereocenters. The smallest absolute Gasteiger partial charge is 0.264 e. The van der Waals surface area contributed by atoms with Gasteiger partial charge in [0.2, 0.25) is 0 Å². The van der Waals surface area contributed by atoms with Gasteiger partial charge in [0.1, 0.15) is 24.4 Å². The molecule has 2 rings (SSSR count). The topological polar surface area (TPSA) is 126 Å². The third kappa shape index (κ3) is 5.00. The third-order valence-electron chi connectivity index (χ3n) is 4.00. The fraction of sp³-hybridized carbons (Fsp3) is 0.562. The Bertz CT molecular complexity index is 698. The van der Waals surface area contributed by atoms with Crippen LogP contribution < -0.4 is 11.1 Å². The minimum Gasteiger partial charge on any atom is -0.376 e. The first-order valence-corrected chi connectivity index (χ1v) is 9.77. The van der Waals surface area contributed by atoms with Crippen LogP contribution in [0.15, 0.2) is 30.3 Å². The third-order valence-corrected chi connectivity index (χ3v) is 4.57. The first kappa shape index (κ1) is 20.7. The predicted octanol–water partition coefficient (Wildman–Crippen LogP) is -0.525. The number of methoxy groups -OCH3 is 2. The van der Waals surface area contributed by atoms with Crippen molar-refractivity contribution in [3.63, 3.8) is 0 Å². The van der Waals surface area contributed by atoms with E-state index < -0.39 is 40.8 Å². The number of hydrogen-bond acceptors (Lipinski definition) is 8. The van der Waals surface area contributed by atoms with Gasteiger partial charge in [-0.15, -0.1) is 0 Å². The molecule has 1 amide bonds. The van der Waals surface area contributed by atoms with Crippen molar-refractivity contribution in [3.05, 3.63) is 35.9 Å². The minimum absolute atomic E-state index is 0.0146. The highest BCUT2D eigenvalue weighted by atomic mass is 32.2. The molecule has 0 saturated carbocycles. The average Bonchev–Trinajstić information content (AvgIpc) is 2.61. The van der Waals surface area contributed by atoms with Crippen molar-refractivity contribution in [1.29, 1.82) is 0 Å². The normalized spacial score (nSPS) is 29.3. The molecule has 0 aromatic heterocycles. The van der Waals surface area contributed by atoms with Gasteiger partial charge in [-0.25, -0.2) is 0 Å². The van der Waals surface area contributed by atoms with Crippen LogP contribution in [0.4, 0.5) is 0 Å². The van der Waals surface area contributed by atoms with Crippen molar-refractivity contribution in [1.82, 2.24) is 5.32 Å². The fourth-order valence-corrected chi connectivity index (χ4v) is 3.51. The van der Waals surface area contributed by atoms with Crippen molar-refractivity contribution in [3.8, 4) is 0 Å². The highest BCUT2D eigenvalue weighted by Crippen LogP contribution is 2.27. The molecule has 1 fully saturated rings. The lowest BCUT2D eigenvalue weighted by atomic mass is 9.96. The first-order chi connectivity index (χ1) is 12.3. The van der Waals surface area contributed by atoms with Crippen LogP contribution in [-0.2, 0) is 28.5 Å². The molecule has 1 aliphatic rings. The van der Waals surface area contributed by atoms with E-state index in [-0.39, 0.29) is 12.5 Å². The molecule has 10 heteroatoms. The van der Waals surface area contributed by atoms with Gasteiger partial charge in [-0.2, -0.15) is 8.42 Å². The van der Waals surface area contributed by atoms with Crippen LogP contribution in [0.5, 0.6) is 0 Å². The SMILES string of the molecule is CO[C@H]1O[C@@H](CN)[C@@H](OS(C)(=O)=O)[C@@H](OC)[C@H]1NC(=O)c1ccccc1. The molecule has 146 valence electrons. The van der Waals surface area contributed by atoms with Crippen molar-refractivity contribution in [2.24, 2.45) is 5.73 Å². The number of nitrogens with two attached hydrogens (primary N) is 1. The standard InChI is InChI=1S/C16H24N2O7S/c1-22-14-12(18-15(19)10-7-5-4-6-8-10)16(23-2)24-11(9-17)13(14)25-26(3,20)21/h4-8,11-14,16H,9,17H2,1-3H3,(H,18,19)/t11-,12+,13+,14-,16-/m0/s1. The molecule has 9 nitrogen and oxygen atoms in total. The van der Waals surface area contributed by atoms with Gasteiger partial charge in [0.15, 0.2) is 6.29 Å². The molecule has 0 radical (unpaired) electrons. The van der Waals surface area contributed by atoms with Gasteiger partial charge in [-0.3, -0.25) is 8.98 Å². The molecule has 1 aromatic rings. The molecule has 1 aromatic carbocycles. The van der Waals surface area contributed by atoms with Crippen LogP contribution in [0.25, 0.3) is 0 Å². The number of carbonyl (C=O) groups is 1. The minimum atomic E-state index is -3.81. The summed E-state index contributed by atoms with van der Waals surface area (Å²) >= 11 is 0. The van der Waals surface area contributed by atoms with E-state index in [1.165, 1.54) is 14.2 Å². The molecular formula is C16H24N2O7S. The maximum absolute atomic E-state index is 12.5.